The first-order valence-corrected chi connectivity index (χ1v) is 12.4. The van der Waals surface area contributed by atoms with Crippen LogP contribution in [0, 0.1) is 17.5 Å². The molecule has 0 saturated carbocycles. The summed E-state index contributed by atoms with van der Waals surface area (Å²) in [6, 6.07) is 12.9. The Hall–Kier alpha value is -4.25. The van der Waals surface area contributed by atoms with E-state index in [2.05, 4.69) is 10.1 Å². The van der Waals surface area contributed by atoms with E-state index in [1.807, 2.05) is 26.0 Å². The summed E-state index contributed by atoms with van der Waals surface area (Å²) < 4.78 is 49.9. The van der Waals surface area contributed by atoms with E-state index in [4.69, 9.17) is 15.4 Å². The summed E-state index contributed by atoms with van der Waals surface area (Å²) in [6.45, 7) is 3.96. The number of carboxylic acid groups (broad SMARTS) is 1. The second-order valence-corrected chi connectivity index (χ2v) is 10.1. The number of halogens is 3. The zero-order valence-electron chi connectivity index (χ0n) is 20.2. The van der Waals surface area contributed by atoms with Gasteiger partial charge in [0.2, 0.25) is 0 Å². The highest BCUT2D eigenvalue weighted by molar-refractivity contribution is 7.98. The van der Waals surface area contributed by atoms with E-state index in [-0.39, 0.29) is 17.1 Å². The summed E-state index contributed by atoms with van der Waals surface area (Å²) >= 11 is 1.07. The molecular formula is C27H21F3N4O3S. The number of fused-ring (bicyclic) bond motifs is 1. The van der Waals surface area contributed by atoms with E-state index in [9.17, 15) is 18.0 Å². The molecule has 3 aromatic carbocycles. The van der Waals surface area contributed by atoms with Crippen molar-refractivity contribution < 1.29 is 27.6 Å². The molecule has 3 N–H and O–H groups in total. The quantitative estimate of drug-likeness (QED) is 0.233. The smallest absolute Gasteiger partial charge is 0.335 e. The molecule has 0 bridgehead atoms. The molecule has 0 aliphatic heterocycles. The lowest BCUT2D eigenvalue weighted by Crippen LogP contribution is -2.23. The predicted molar refractivity (Wildman–Crippen MR) is 137 cm³/mol. The fraction of sp³-hybridized carbons (Fsp3) is 0.148. The number of thioether (sulfide) groups is 1. The number of carbonyl (C=O) groups is 1. The first-order valence-electron chi connectivity index (χ1n) is 11.4. The summed E-state index contributed by atoms with van der Waals surface area (Å²) in [6.07, 6.45) is 1.66. The maximum Gasteiger partial charge on any atom is 0.335 e. The molecule has 11 heteroatoms. The zero-order chi connectivity index (χ0) is 27.2. The Bertz CT molecular complexity index is 1660. The van der Waals surface area contributed by atoms with Crippen molar-refractivity contribution in [3.63, 3.8) is 0 Å². The largest absolute Gasteiger partial charge is 0.478 e. The molecule has 7 nitrogen and oxygen atoms in total. The Balaban J connectivity index is 1.57. The van der Waals surface area contributed by atoms with Crippen LogP contribution in [0.15, 0.2) is 70.5 Å². The molecule has 2 heterocycles. The molecule has 194 valence electrons. The third kappa shape index (κ3) is 4.49. The van der Waals surface area contributed by atoms with Gasteiger partial charge in [-0.05, 0) is 54.1 Å². The minimum atomic E-state index is -1.42. The number of anilines is 1. The molecule has 0 atom stereocenters. The van der Waals surface area contributed by atoms with Crippen molar-refractivity contribution in [3.8, 4) is 5.69 Å². The van der Waals surface area contributed by atoms with Gasteiger partial charge in [-0.1, -0.05) is 36.8 Å². The van der Waals surface area contributed by atoms with E-state index in [1.54, 1.807) is 29.0 Å². The van der Waals surface area contributed by atoms with E-state index < -0.39 is 34.4 Å². The monoisotopic (exact) mass is 538 g/mol. The molecule has 0 aliphatic rings. The van der Waals surface area contributed by atoms with Crippen molar-refractivity contribution in [2.75, 3.05) is 5.73 Å². The maximum absolute atomic E-state index is 14.6. The molecule has 0 amide bonds. The molecular weight excluding hydrogens is 517 g/mol. The standard InChI is InChI=1S/C27H21F3N4O3S/c1-27(2,15-3-8-22-18(11-15)24(31)33-37-22)23-12-32-26(34(23)17-6-4-16(28)5-7-17)38-13-19-20(29)9-14(25(35)36)10-21(19)30/h3-12H,13H2,1-2H3,(H2,31,33)(H,35,36). The van der Waals surface area contributed by atoms with Crippen LogP contribution in [0.5, 0.6) is 0 Å². The number of hydrogen-bond donors (Lipinski definition) is 2. The number of nitrogens with zero attached hydrogens (tertiary/aromatic N) is 3. The van der Waals surface area contributed by atoms with Gasteiger partial charge >= 0.3 is 5.97 Å². The van der Waals surface area contributed by atoms with Crippen molar-refractivity contribution in [3.05, 3.63) is 101 Å². The van der Waals surface area contributed by atoms with Crippen molar-refractivity contribution >= 4 is 34.5 Å². The van der Waals surface area contributed by atoms with E-state index in [0.29, 0.717) is 21.8 Å². The molecule has 0 fully saturated rings. The first kappa shape index (κ1) is 25.4. The topological polar surface area (TPSA) is 107 Å². The molecule has 5 aromatic rings. The van der Waals surface area contributed by atoms with Gasteiger partial charge in [0.1, 0.15) is 17.5 Å². The van der Waals surface area contributed by atoms with Gasteiger partial charge < -0.3 is 15.4 Å². The number of nitrogen functional groups attached to an aromatic ring is 1. The van der Waals surface area contributed by atoms with Gasteiger partial charge in [0.05, 0.1) is 22.8 Å². The fourth-order valence-corrected chi connectivity index (χ4v) is 5.22. The van der Waals surface area contributed by atoms with Crippen LogP contribution in [-0.2, 0) is 11.2 Å². The van der Waals surface area contributed by atoms with Crippen LogP contribution in [-0.4, -0.2) is 25.8 Å². The number of hydrogen-bond acceptors (Lipinski definition) is 6. The summed E-state index contributed by atoms with van der Waals surface area (Å²) in [5, 5.41) is 13.9. The number of nitrogens with two attached hydrogens (primary N) is 1. The maximum atomic E-state index is 14.6. The SMILES string of the molecule is CC(C)(c1ccc2onc(N)c2c1)c1cnc(SCc2c(F)cc(C(=O)O)cc2F)n1-c1ccc(F)cc1. The number of aromatic nitrogens is 3. The average Bonchev–Trinajstić information content (AvgIpc) is 3.48. The van der Waals surface area contributed by atoms with Crippen LogP contribution in [0.4, 0.5) is 19.0 Å². The number of rotatable bonds is 7. The summed E-state index contributed by atoms with van der Waals surface area (Å²) in [7, 11) is 0. The highest BCUT2D eigenvalue weighted by Crippen LogP contribution is 2.38. The molecule has 0 spiro atoms. The lowest BCUT2D eigenvalue weighted by Gasteiger charge is -2.27. The van der Waals surface area contributed by atoms with Gasteiger partial charge in [-0.2, -0.15) is 0 Å². The summed E-state index contributed by atoms with van der Waals surface area (Å²) in [5.41, 5.74) is 7.30. The Labute approximate surface area is 219 Å². The summed E-state index contributed by atoms with van der Waals surface area (Å²) in [5.74, 6) is -3.66. The van der Waals surface area contributed by atoms with Crippen molar-refractivity contribution in [1.82, 2.24) is 14.7 Å². The van der Waals surface area contributed by atoms with Crippen molar-refractivity contribution in [1.29, 1.82) is 0 Å². The minimum absolute atomic E-state index is 0.154. The van der Waals surface area contributed by atoms with Crippen LogP contribution in [0.1, 0.15) is 41.0 Å². The minimum Gasteiger partial charge on any atom is -0.478 e. The number of aromatic carboxylic acids is 1. The Kier molecular flexibility index (Phi) is 6.39. The molecule has 0 aliphatic carbocycles. The number of benzene rings is 3. The Morgan fingerprint density at radius 1 is 1.08 bits per heavy atom. The van der Waals surface area contributed by atoms with Gasteiger partial charge in [-0.15, -0.1) is 0 Å². The Morgan fingerprint density at radius 3 is 2.42 bits per heavy atom. The van der Waals surface area contributed by atoms with Crippen LogP contribution in [0.3, 0.4) is 0 Å². The third-order valence-electron chi connectivity index (χ3n) is 6.41. The molecule has 0 unspecified atom stereocenters. The van der Waals surface area contributed by atoms with Gasteiger partial charge in [-0.25, -0.2) is 22.9 Å². The predicted octanol–water partition coefficient (Wildman–Crippen LogP) is 6.33. The van der Waals surface area contributed by atoms with Gasteiger partial charge in [0.15, 0.2) is 16.6 Å². The van der Waals surface area contributed by atoms with Crippen LogP contribution < -0.4 is 5.73 Å². The fourth-order valence-electron chi connectivity index (χ4n) is 4.21. The van der Waals surface area contributed by atoms with Crippen molar-refractivity contribution in [2.45, 2.75) is 30.2 Å². The van der Waals surface area contributed by atoms with E-state index in [0.717, 1.165) is 35.2 Å². The second kappa shape index (κ2) is 9.56. The molecule has 0 radical (unpaired) electrons. The zero-order valence-corrected chi connectivity index (χ0v) is 21.0. The second-order valence-electron chi connectivity index (χ2n) is 9.15. The first-order chi connectivity index (χ1) is 18.1. The van der Waals surface area contributed by atoms with E-state index in [1.165, 1.54) is 12.1 Å². The van der Waals surface area contributed by atoms with Gasteiger partial charge in [0.25, 0.3) is 0 Å². The molecule has 0 saturated heterocycles. The van der Waals surface area contributed by atoms with Crippen LogP contribution in [0.2, 0.25) is 0 Å². The average molecular weight is 539 g/mol. The molecule has 38 heavy (non-hydrogen) atoms. The third-order valence-corrected chi connectivity index (χ3v) is 7.39. The molecule has 2 aromatic heterocycles. The van der Waals surface area contributed by atoms with E-state index >= 15 is 0 Å². The van der Waals surface area contributed by atoms with Crippen LogP contribution >= 0.6 is 11.8 Å². The normalized spacial score (nSPS) is 11.8. The van der Waals surface area contributed by atoms with Gasteiger partial charge in [0, 0.05) is 22.4 Å². The highest BCUT2D eigenvalue weighted by Gasteiger charge is 2.30. The lowest BCUT2D eigenvalue weighted by molar-refractivity contribution is 0.0695. The van der Waals surface area contributed by atoms with Crippen molar-refractivity contribution in [2.24, 2.45) is 0 Å². The number of carboxylic acids is 1. The summed E-state index contributed by atoms with van der Waals surface area (Å²) in [4.78, 5) is 15.7. The van der Waals surface area contributed by atoms with Gasteiger partial charge in [-0.3, -0.25) is 4.57 Å². The highest BCUT2D eigenvalue weighted by atomic mass is 32.2. The Morgan fingerprint density at radius 2 is 1.76 bits per heavy atom. The molecule has 5 rings (SSSR count). The number of imidazole rings is 1. The van der Waals surface area contributed by atoms with Crippen LogP contribution in [0.25, 0.3) is 16.7 Å². The lowest BCUT2D eigenvalue weighted by atomic mass is 9.81.